The van der Waals surface area contributed by atoms with Crippen molar-refractivity contribution in [3.05, 3.63) is 48.1 Å². The number of carboxylic acids is 1. The number of rotatable bonds is 5. The number of amides is 1. The Hall–Kier alpha value is -2.24. The lowest BCUT2D eigenvalue weighted by Crippen LogP contribution is -2.40. The van der Waals surface area contributed by atoms with Crippen molar-refractivity contribution >= 4 is 11.9 Å². The molecule has 0 aliphatic rings. The van der Waals surface area contributed by atoms with Crippen molar-refractivity contribution < 1.29 is 23.5 Å². The highest BCUT2D eigenvalue weighted by atomic mass is 19.1. The maximum Gasteiger partial charge on any atom is 0.326 e. The Bertz CT molecular complexity index is 468. The van der Waals surface area contributed by atoms with Crippen molar-refractivity contribution in [2.24, 2.45) is 0 Å². The van der Waals surface area contributed by atoms with Gasteiger partial charge in [-0.2, -0.15) is 0 Å². The summed E-state index contributed by atoms with van der Waals surface area (Å²) >= 11 is 0. The van der Waals surface area contributed by atoms with E-state index in [9.17, 15) is 18.4 Å². The number of carbonyl (C=O) groups is 2. The molecule has 6 heteroatoms. The molecule has 0 bridgehead atoms. The molecule has 1 atom stereocenters. The molecule has 0 aromatic heterocycles. The summed E-state index contributed by atoms with van der Waals surface area (Å²) in [5.74, 6) is -3.92. The number of benzene rings is 1. The Morgan fingerprint density at radius 2 is 1.89 bits per heavy atom. The van der Waals surface area contributed by atoms with Gasteiger partial charge in [-0.3, -0.25) is 4.79 Å². The van der Waals surface area contributed by atoms with Crippen LogP contribution in [0.25, 0.3) is 0 Å². The monoisotopic (exact) mass is 255 g/mol. The molecule has 0 unspecified atom stereocenters. The Labute approximate surface area is 102 Å². The minimum Gasteiger partial charge on any atom is -0.480 e. The summed E-state index contributed by atoms with van der Waals surface area (Å²) in [7, 11) is 0. The number of aliphatic carboxylic acids is 1. The number of hydrogen-bond donors (Lipinski definition) is 2. The lowest BCUT2D eigenvalue weighted by Gasteiger charge is -2.12. The van der Waals surface area contributed by atoms with Crippen molar-refractivity contribution in [2.45, 2.75) is 12.5 Å². The second-order valence-corrected chi connectivity index (χ2v) is 3.55. The first-order chi connectivity index (χ1) is 8.43. The van der Waals surface area contributed by atoms with E-state index in [4.69, 9.17) is 5.11 Å². The number of hydrogen-bond acceptors (Lipinski definition) is 2. The van der Waals surface area contributed by atoms with Crippen molar-refractivity contribution in [2.75, 3.05) is 0 Å². The largest absolute Gasteiger partial charge is 0.480 e. The zero-order valence-electron chi connectivity index (χ0n) is 9.32. The highest BCUT2D eigenvalue weighted by Crippen LogP contribution is 2.08. The maximum absolute atomic E-state index is 12.9. The first-order valence-electron chi connectivity index (χ1n) is 5.04. The van der Waals surface area contributed by atoms with Gasteiger partial charge in [0.05, 0.1) is 0 Å². The average Bonchev–Trinajstić information content (AvgIpc) is 2.26. The molecule has 96 valence electrons. The van der Waals surface area contributed by atoms with Gasteiger partial charge >= 0.3 is 5.97 Å². The average molecular weight is 255 g/mol. The van der Waals surface area contributed by atoms with E-state index in [1.807, 2.05) is 0 Å². The molecule has 18 heavy (non-hydrogen) atoms. The smallest absolute Gasteiger partial charge is 0.326 e. The third-order valence-electron chi connectivity index (χ3n) is 2.13. The molecule has 0 spiro atoms. The third kappa shape index (κ3) is 3.65. The van der Waals surface area contributed by atoms with Crippen LogP contribution in [-0.4, -0.2) is 23.0 Å². The van der Waals surface area contributed by atoms with E-state index >= 15 is 0 Å². The Morgan fingerprint density at radius 3 is 2.33 bits per heavy atom. The van der Waals surface area contributed by atoms with Crippen molar-refractivity contribution in [1.82, 2.24) is 5.32 Å². The first kappa shape index (κ1) is 13.8. The minimum absolute atomic E-state index is 0.0128. The SMILES string of the molecule is C=CC[C@H](NC(=O)c1cc(F)cc(F)c1)C(=O)O. The van der Waals surface area contributed by atoms with Crippen LogP contribution in [0.3, 0.4) is 0 Å². The third-order valence-corrected chi connectivity index (χ3v) is 2.13. The van der Waals surface area contributed by atoms with Crippen molar-refractivity contribution in [1.29, 1.82) is 0 Å². The topological polar surface area (TPSA) is 66.4 Å². The predicted molar refractivity (Wildman–Crippen MR) is 60.1 cm³/mol. The van der Waals surface area contributed by atoms with Gasteiger partial charge in [0.1, 0.15) is 17.7 Å². The number of carbonyl (C=O) groups excluding carboxylic acids is 1. The molecule has 0 saturated heterocycles. The predicted octanol–water partition coefficient (Wildman–Crippen LogP) is 1.72. The van der Waals surface area contributed by atoms with Crippen molar-refractivity contribution in [3.63, 3.8) is 0 Å². The molecular formula is C12H11F2NO3. The molecule has 2 N–H and O–H groups in total. The quantitative estimate of drug-likeness (QED) is 0.787. The molecule has 1 rings (SSSR count). The molecule has 0 radical (unpaired) electrons. The Kier molecular flexibility index (Phi) is 4.53. The van der Waals surface area contributed by atoms with Gasteiger partial charge in [-0.25, -0.2) is 13.6 Å². The van der Waals surface area contributed by atoms with Crippen LogP contribution in [0, 0.1) is 11.6 Å². The highest BCUT2D eigenvalue weighted by molar-refractivity contribution is 5.96. The van der Waals surface area contributed by atoms with Crippen LogP contribution in [0.5, 0.6) is 0 Å². The van der Waals surface area contributed by atoms with Gasteiger partial charge in [0.25, 0.3) is 5.91 Å². The molecule has 0 aliphatic heterocycles. The summed E-state index contributed by atoms with van der Waals surface area (Å²) in [5, 5.41) is 10.9. The van der Waals surface area contributed by atoms with Gasteiger partial charge in [0.2, 0.25) is 0 Å². The zero-order chi connectivity index (χ0) is 13.7. The molecule has 0 fully saturated rings. The molecule has 1 amide bonds. The summed E-state index contributed by atoms with van der Waals surface area (Å²) < 4.78 is 25.8. The molecule has 0 heterocycles. The summed E-state index contributed by atoms with van der Waals surface area (Å²) in [6.45, 7) is 3.36. The minimum atomic E-state index is -1.25. The summed E-state index contributed by atoms with van der Waals surface area (Å²) in [6.07, 6.45) is 1.34. The van der Waals surface area contributed by atoms with Crippen LogP contribution in [0.2, 0.25) is 0 Å². The highest BCUT2D eigenvalue weighted by Gasteiger charge is 2.19. The van der Waals surface area contributed by atoms with Gasteiger partial charge in [0.15, 0.2) is 0 Å². The van der Waals surface area contributed by atoms with E-state index in [1.54, 1.807) is 0 Å². The lowest BCUT2D eigenvalue weighted by molar-refractivity contribution is -0.139. The molecular weight excluding hydrogens is 244 g/mol. The second kappa shape index (κ2) is 5.90. The van der Waals surface area contributed by atoms with E-state index in [-0.39, 0.29) is 12.0 Å². The molecule has 1 aromatic carbocycles. The standard InChI is InChI=1S/C12H11F2NO3/c1-2-3-10(12(17)18)15-11(16)7-4-8(13)6-9(14)5-7/h2,4-6,10H,1,3H2,(H,15,16)(H,17,18)/t10-/m0/s1. The second-order valence-electron chi connectivity index (χ2n) is 3.55. The molecule has 1 aromatic rings. The summed E-state index contributed by atoms with van der Waals surface area (Å²) in [4.78, 5) is 22.4. The maximum atomic E-state index is 12.9. The zero-order valence-corrected chi connectivity index (χ0v) is 9.32. The van der Waals surface area contributed by atoms with E-state index < -0.39 is 29.6 Å². The number of halogens is 2. The normalized spacial score (nSPS) is 11.7. The fraction of sp³-hybridized carbons (Fsp3) is 0.167. The van der Waals surface area contributed by atoms with Gasteiger partial charge < -0.3 is 10.4 Å². The van der Waals surface area contributed by atoms with Gasteiger partial charge in [-0.1, -0.05) is 6.08 Å². The molecule has 4 nitrogen and oxygen atoms in total. The van der Waals surface area contributed by atoms with E-state index in [0.29, 0.717) is 6.07 Å². The van der Waals surface area contributed by atoms with E-state index in [2.05, 4.69) is 11.9 Å². The van der Waals surface area contributed by atoms with Crippen LogP contribution in [0.1, 0.15) is 16.8 Å². The van der Waals surface area contributed by atoms with E-state index in [0.717, 1.165) is 12.1 Å². The first-order valence-corrected chi connectivity index (χ1v) is 5.04. The van der Waals surface area contributed by atoms with Crippen LogP contribution in [0.15, 0.2) is 30.9 Å². The van der Waals surface area contributed by atoms with Gasteiger partial charge in [0, 0.05) is 11.6 Å². The number of nitrogens with one attached hydrogen (secondary N) is 1. The summed E-state index contributed by atoms with van der Waals surface area (Å²) in [6, 6.07) is 1.09. The van der Waals surface area contributed by atoms with Crippen LogP contribution >= 0.6 is 0 Å². The number of carboxylic acid groups (broad SMARTS) is 1. The Morgan fingerprint density at radius 1 is 1.33 bits per heavy atom. The molecule has 0 aliphatic carbocycles. The molecule has 0 saturated carbocycles. The van der Waals surface area contributed by atoms with Gasteiger partial charge in [-0.15, -0.1) is 6.58 Å². The fourth-order valence-corrected chi connectivity index (χ4v) is 1.31. The van der Waals surface area contributed by atoms with Crippen LogP contribution in [-0.2, 0) is 4.79 Å². The van der Waals surface area contributed by atoms with Crippen molar-refractivity contribution in [3.8, 4) is 0 Å². The van der Waals surface area contributed by atoms with Gasteiger partial charge in [-0.05, 0) is 18.6 Å². The van der Waals surface area contributed by atoms with Crippen LogP contribution in [0.4, 0.5) is 8.78 Å². The Balaban J connectivity index is 2.86. The van der Waals surface area contributed by atoms with E-state index in [1.165, 1.54) is 6.08 Å². The fourth-order valence-electron chi connectivity index (χ4n) is 1.31. The summed E-state index contributed by atoms with van der Waals surface area (Å²) in [5.41, 5.74) is -0.275. The van der Waals surface area contributed by atoms with Crippen LogP contribution < -0.4 is 5.32 Å². The lowest BCUT2D eigenvalue weighted by atomic mass is 10.1.